The monoisotopic (exact) mass is 334 g/mol. The second-order valence-electron chi connectivity index (χ2n) is 5.37. The fourth-order valence-electron chi connectivity index (χ4n) is 2.71. The number of nitrogens with zero attached hydrogens (tertiary/aromatic N) is 2. The number of rotatable bonds is 3. The highest BCUT2D eigenvalue weighted by Gasteiger charge is 2.33. The molecule has 2 aromatic rings. The maximum absolute atomic E-state index is 13.8. The van der Waals surface area contributed by atoms with E-state index in [1.165, 1.54) is 22.3 Å². The summed E-state index contributed by atoms with van der Waals surface area (Å²) in [5, 5.41) is 11.2. The SMILES string of the molecule is O=C(O)C1CCCCN1C(=O)c1csc(-c2ccccc2F)n1. The first-order valence-electron chi connectivity index (χ1n) is 7.32. The van der Waals surface area contributed by atoms with Gasteiger partial charge in [-0.15, -0.1) is 11.3 Å². The van der Waals surface area contributed by atoms with Crippen molar-refractivity contribution in [1.82, 2.24) is 9.88 Å². The molecule has 1 N–H and O–H groups in total. The van der Waals surface area contributed by atoms with Gasteiger partial charge in [-0.05, 0) is 31.4 Å². The van der Waals surface area contributed by atoms with Crippen molar-refractivity contribution in [2.75, 3.05) is 6.54 Å². The second-order valence-corrected chi connectivity index (χ2v) is 6.22. The largest absolute Gasteiger partial charge is 0.480 e. The fourth-order valence-corrected chi connectivity index (χ4v) is 3.53. The molecule has 0 bridgehead atoms. The van der Waals surface area contributed by atoms with Gasteiger partial charge >= 0.3 is 5.97 Å². The van der Waals surface area contributed by atoms with E-state index in [-0.39, 0.29) is 5.69 Å². The predicted octanol–water partition coefficient (Wildman–Crippen LogP) is 3.03. The minimum Gasteiger partial charge on any atom is -0.480 e. The van der Waals surface area contributed by atoms with Crippen LogP contribution in [0.25, 0.3) is 10.6 Å². The van der Waals surface area contributed by atoms with Gasteiger partial charge in [0.05, 0.1) is 0 Å². The molecule has 0 radical (unpaired) electrons. The molecule has 120 valence electrons. The van der Waals surface area contributed by atoms with E-state index >= 15 is 0 Å². The highest BCUT2D eigenvalue weighted by molar-refractivity contribution is 7.13. The van der Waals surface area contributed by atoms with Gasteiger partial charge in [0.25, 0.3) is 5.91 Å². The summed E-state index contributed by atoms with van der Waals surface area (Å²) in [4.78, 5) is 29.4. The van der Waals surface area contributed by atoms with Crippen LogP contribution in [0.4, 0.5) is 4.39 Å². The van der Waals surface area contributed by atoms with E-state index in [2.05, 4.69) is 4.98 Å². The van der Waals surface area contributed by atoms with Crippen LogP contribution in [-0.2, 0) is 4.79 Å². The van der Waals surface area contributed by atoms with Gasteiger partial charge < -0.3 is 10.0 Å². The number of likely N-dealkylation sites (tertiary alicyclic amines) is 1. The summed E-state index contributed by atoms with van der Waals surface area (Å²) in [6.45, 7) is 0.405. The molecule has 2 heterocycles. The summed E-state index contributed by atoms with van der Waals surface area (Å²) in [5.41, 5.74) is 0.506. The molecule has 1 aromatic carbocycles. The summed E-state index contributed by atoms with van der Waals surface area (Å²) in [7, 11) is 0. The molecule has 3 rings (SSSR count). The average Bonchev–Trinajstić information content (AvgIpc) is 3.04. The zero-order valence-corrected chi connectivity index (χ0v) is 13.1. The lowest BCUT2D eigenvalue weighted by molar-refractivity contribution is -0.143. The molecular formula is C16H15FN2O3S. The average molecular weight is 334 g/mol. The lowest BCUT2D eigenvalue weighted by Crippen LogP contribution is -2.48. The van der Waals surface area contributed by atoms with E-state index in [0.29, 0.717) is 23.5 Å². The molecule has 0 aliphatic carbocycles. The van der Waals surface area contributed by atoms with Crippen LogP contribution in [0.2, 0.25) is 0 Å². The van der Waals surface area contributed by atoms with Crippen LogP contribution in [0.15, 0.2) is 29.6 Å². The van der Waals surface area contributed by atoms with Crippen molar-refractivity contribution in [3.05, 3.63) is 41.2 Å². The number of hydrogen-bond acceptors (Lipinski definition) is 4. The number of carboxylic acids is 1. The second kappa shape index (κ2) is 6.45. The number of carbonyl (C=O) groups is 2. The molecule has 1 amide bonds. The normalized spacial score (nSPS) is 18.0. The molecular weight excluding hydrogens is 319 g/mol. The lowest BCUT2D eigenvalue weighted by Gasteiger charge is -2.32. The summed E-state index contributed by atoms with van der Waals surface area (Å²) in [6.07, 6.45) is 2.02. The molecule has 1 fully saturated rings. The van der Waals surface area contributed by atoms with Crippen LogP contribution in [0.3, 0.4) is 0 Å². The Morgan fingerprint density at radius 1 is 1.30 bits per heavy atom. The fraction of sp³-hybridized carbons (Fsp3) is 0.312. The number of aromatic nitrogens is 1. The molecule has 1 saturated heterocycles. The van der Waals surface area contributed by atoms with Gasteiger partial charge in [-0.2, -0.15) is 0 Å². The number of hydrogen-bond donors (Lipinski definition) is 1. The lowest BCUT2D eigenvalue weighted by atomic mass is 10.0. The van der Waals surface area contributed by atoms with Gasteiger partial charge in [0.1, 0.15) is 22.6 Å². The van der Waals surface area contributed by atoms with Crippen molar-refractivity contribution in [1.29, 1.82) is 0 Å². The zero-order valence-electron chi connectivity index (χ0n) is 12.2. The Hall–Kier alpha value is -2.28. The van der Waals surface area contributed by atoms with E-state index in [0.717, 1.165) is 12.8 Å². The number of halogens is 1. The quantitative estimate of drug-likeness (QED) is 0.936. The van der Waals surface area contributed by atoms with E-state index in [9.17, 15) is 19.1 Å². The number of piperidine rings is 1. The molecule has 1 aromatic heterocycles. The van der Waals surface area contributed by atoms with E-state index in [4.69, 9.17) is 0 Å². The number of amides is 1. The van der Waals surface area contributed by atoms with Gasteiger partial charge in [-0.1, -0.05) is 12.1 Å². The number of aliphatic carboxylic acids is 1. The predicted molar refractivity (Wildman–Crippen MR) is 83.8 cm³/mol. The smallest absolute Gasteiger partial charge is 0.326 e. The standard InChI is InChI=1S/C16H15FN2O3S/c17-11-6-2-1-5-10(11)14-18-12(9-23-14)15(20)19-8-4-3-7-13(19)16(21)22/h1-2,5-6,9,13H,3-4,7-8H2,(H,21,22). The third-order valence-electron chi connectivity index (χ3n) is 3.88. The summed E-state index contributed by atoms with van der Waals surface area (Å²) in [5.74, 6) is -1.80. The highest BCUT2D eigenvalue weighted by Crippen LogP contribution is 2.27. The van der Waals surface area contributed by atoms with Gasteiger partial charge in [0.15, 0.2) is 0 Å². The van der Waals surface area contributed by atoms with E-state index in [1.807, 2.05) is 0 Å². The maximum Gasteiger partial charge on any atom is 0.326 e. The number of carboxylic acid groups (broad SMARTS) is 1. The number of benzene rings is 1. The van der Waals surface area contributed by atoms with Crippen LogP contribution in [-0.4, -0.2) is 39.5 Å². The molecule has 7 heteroatoms. The maximum atomic E-state index is 13.8. The van der Waals surface area contributed by atoms with Crippen molar-refractivity contribution >= 4 is 23.2 Å². The first-order valence-corrected chi connectivity index (χ1v) is 8.20. The Morgan fingerprint density at radius 3 is 2.83 bits per heavy atom. The topological polar surface area (TPSA) is 70.5 Å². The molecule has 5 nitrogen and oxygen atoms in total. The molecule has 1 aliphatic rings. The summed E-state index contributed by atoms with van der Waals surface area (Å²) < 4.78 is 13.8. The van der Waals surface area contributed by atoms with Crippen LogP contribution in [0, 0.1) is 5.82 Å². The minimum atomic E-state index is -0.998. The van der Waals surface area contributed by atoms with Gasteiger partial charge in [0.2, 0.25) is 0 Å². The number of thiazole rings is 1. The van der Waals surface area contributed by atoms with E-state index < -0.39 is 23.7 Å². The van der Waals surface area contributed by atoms with Gasteiger partial charge in [0, 0.05) is 17.5 Å². The third-order valence-corrected chi connectivity index (χ3v) is 4.75. The Kier molecular flexibility index (Phi) is 4.38. The van der Waals surface area contributed by atoms with Crippen LogP contribution in [0.5, 0.6) is 0 Å². The van der Waals surface area contributed by atoms with Crippen molar-refractivity contribution in [2.45, 2.75) is 25.3 Å². The zero-order chi connectivity index (χ0) is 16.4. The minimum absolute atomic E-state index is 0.168. The van der Waals surface area contributed by atoms with Crippen LogP contribution >= 0.6 is 11.3 Å². The molecule has 1 aliphatic heterocycles. The molecule has 1 unspecified atom stereocenters. The Balaban J connectivity index is 1.86. The van der Waals surface area contributed by atoms with E-state index in [1.54, 1.807) is 23.6 Å². The van der Waals surface area contributed by atoms with Crippen LogP contribution in [0.1, 0.15) is 29.8 Å². The number of carbonyl (C=O) groups excluding carboxylic acids is 1. The summed E-state index contributed by atoms with van der Waals surface area (Å²) >= 11 is 1.17. The molecule has 0 spiro atoms. The van der Waals surface area contributed by atoms with Crippen LogP contribution < -0.4 is 0 Å². The highest BCUT2D eigenvalue weighted by atomic mass is 32.1. The first kappa shape index (κ1) is 15.6. The van der Waals surface area contributed by atoms with Gasteiger partial charge in [-0.25, -0.2) is 14.2 Å². The van der Waals surface area contributed by atoms with Crippen molar-refractivity contribution in [3.63, 3.8) is 0 Å². The van der Waals surface area contributed by atoms with Gasteiger partial charge in [-0.3, -0.25) is 4.79 Å². The van der Waals surface area contributed by atoms with Crippen molar-refractivity contribution in [2.24, 2.45) is 0 Å². The summed E-state index contributed by atoms with van der Waals surface area (Å²) in [6, 6.07) is 5.41. The Morgan fingerprint density at radius 2 is 2.09 bits per heavy atom. The Bertz CT molecular complexity index is 746. The van der Waals surface area contributed by atoms with Crippen molar-refractivity contribution < 1.29 is 19.1 Å². The molecule has 0 saturated carbocycles. The van der Waals surface area contributed by atoms with Crippen molar-refractivity contribution in [3.8, 4) is 10.6 Å². The molecule has 1 atom stereocenters. The Labute approximate surface area is 136 Å². The first-order chi connectivity index (χ1) is 11.1. The third kappa shape index (κ3) is 3.10. The molecule has 23 heavy (non-hydrogen) atoms.